The summed E-state index contributed by atoms with van der Waals surface area (Å²) in [4.78, 5) is 4.58. The molecule has 4 saturated carbocycles. The molecule has 2 aromatic rings. The first kappa shape index (κ1) is 20.2. The molecule has 0 amide bonds. The number of fused-ring (bicyclic) bond motifs is 3. The molecule has 168 valence electrons. The third-order valence-electron chi connectivity index (χ3n) is 10.2. The van der Waals surface area contributed by atoms with Crippen LogP contribution >= 0.6 is 0 Å². The molecule has 0 N–H and O–H groups in total. The molecule has 33 heavy (non-hydrogen) atoms. The second-order valence-electron chi connectivity index (χ2n) is 12.3. The van der Waals surface area contributed by atoms with Crippen molar-refractivity contribution in [3.8, 4) is 17.2 Å². The normalized spacial score (nSPS) is 36.2. The van der Waals surface area contributed by atoms with Crippen LogP contribution in [0.4, 0.5) is 0 Å². The molecule has 8 rings (SSSR count). The van der Waals surface area contributed by atoms with E-state index in [1.807, 2.05) is 0 Å². The van der Waals surface area contributed by atoms with E-state index in [4.69, 9.17) is 9.31 Å². The van der Waals surface area contributed by atoms with Gasteiger partial charge in [0.25, 0.3) is 0 Å². The molecule has 0 atom stereocenters. The minimum atomic E-state index is -0.397. The van der Waals surface area contributed by atoms with Crippen LogP contribution in [-0.2, 0) is 14.7 Å². The fourth-order valence-corrected chi connectivity index (χ4v) is 8.36. The van der Waals surface area contributed by atoms with Gasteiger partial charge in [0, 0.05) is 23.4 Å². The molecule has 5 fully saturated rings. The molecule has 0 unspecified atom stereocenters. The Morgan fingerprint density at radius 1 is 0.909 bits per heavy atom. The first-order valence-corrected chi connectivity index (χ1v) is 12.6. The van der Waals surface area contributed by atoms with Gasteiger partial charge in [-0.3, -0.25) is 4.98 Å². The number of benzene rings is 1. The third-order valence-corrected chi connectivity index (χ3v) is 10.2. The lowest BCUT2D eigenvalue weighted by Gasteiger charge is -2.61. The Labute approximate surface area is 196 Å². The van der Waals surface area contributed by atoms with Crippen molar-refractivity contribution in [1.29, 1.82) is 5.26 Å². The van der Waals surface area contributed by atoms with Gasteiger partial charge < -0.3 is 9.31 Å². The highest BCUT2D eigenvalue weighted by molar-refractivity contribution is 6.62. The molecule has 1 aromatic heterocycles. The number of nitrogens with zero attached hydrogens (tertiary/aromatic N) is 2. The van der Waals surface area contributed by atoms with Gasteiger partial charge in [0.15, 0.2) is 0 Å². The molecular weight excluding hydrogens is 407 g/mol. The van der Waals surface area contributed by atoms with Gasteiger partial charge in [-0.2, -0.15) is 5.26 Å². The van der Waals surface area contributed by atoms with E-state index in [1.54, 1.807) is 6.20 Å². The number of nitriles is 1. The molecule has 0 radical (unpaired) electrons. The monoisotopic (exact) mass is 438 g/mol. The molecule has 4 bridgehead atoms. The molecule has 1 saturated heterocycles. The molecule has 1 spiro atoms. The van der Waals surface area contributed by atoms with Crippen molar-refractivity contribution in [3.63, 3.8) is 0 Å². The van der Waals surface area contributed by atoms with Gasteiger partial charge in [-0.05, 0) is 106 Å². The van der Waals surface area contributed by atoms with Crippen LogP contribution in [0.1, 0.15) is 76.5 Å². The highest BCUT2D eigenvalue weighted by atomic mass is 16.7. The minimum absolute atomic E-state index is 0.0202. The second kappa shape index (κ2) is 6.29. The average molecular weight is 438 g/mol. The van der Waals surface area contributed by atoms with Gasteiger partial charge >= 0.3 is 7.12 Å². The van der Waals surface area contributed by atoms with Crippen LogP contribution in [0.3, 0.4) is 0 Å². The quantitative estimate of drug-likeness (QED) is 0.590. The number of pyridine rings is 1. The molecule has 1 aliphatic heterocycles. The molecule has 4 nitrogen and oxygen atoms in total. The van der Waals surface area contributed by atoms with Crippen molar-refractivity contribution in [2.45, 2.75) is 76.4 Å². The summed E-state index contributed by atoms with van der Waals surface area (Å²) in [5.74, 6) is 3.10. The minimum Gasteiger partial charge on any atom is -0.399 e. The molecular formula is C28H31BN2O2. The third kappa shape index (κ3) is 2.42. The van der Waals surface area contributed by atoms with E-state index in [1.165, 1.54) is 48.8 Å². The van der Waals surface area contributed by atoms with Crippen LogP contribution in [0.2, 0.25) is 0 Å². The van der Waals surface area contributed by atoms with E-state index < -0.39 is 7.12 Å². The van der Waals surface area contributed by atoms with Gasteiger partial charge in [-0.25, -0.2) is 0 Å². The maximum Gasteiger partial charge on any atom is 0.494 e. The van der Waals surface area contributed by atoms with Crippen molar-refractivity contribution in [3.05, 3.63) is 47.3 Å². The van der Waals surface area contributed by atoms with Gasteiger partial charge in [-0.1, -0.05) is 18.2 Å². The van der Waals surface area contributed by atoms with Crippen LogP contribution in [0.25, 0.3) is 11.1 Å². The standard InChI is InChI=1S/C28H31BN2O2/c1-26(2)27(3,4)33-29(32-26)21-5-6-23-22(12-21)25-18(13-30)14-31-15-24(25)28(23)19-8-16-7-17(10-19)11-20(28)9-16/h5-6,12,14-17,19-20H,7-11H2,1-4H3. The van der Waals surface area contributed by atoms with Crippen molar-refractivity contribution in [1.82, 2.24) is 4.98 Å². The van der Waals surface area contributed by atoms with Crippen molar-refractivity contribution in [2.75, 3.05) is 0 Å². The van der Waals surface area contributed by atoms with Crippen LogP contribution < -0.4 is 5.46 Å². The fourth-order valence-electron chi connectivity index (χ4n) is 8.36. The van der Waals surface area contributed by atoms with E-state index in [0.717, 1.165) is 22.9 Å². The summed E-state index contributed by atoms with van der Waals surface area (Å²) < 4.78 is 12.8. The summed E-state index contributed by atoms with van der Waals surface area (Å²) >= 11 is 0. The smallest absolute Gasteiger partial charge is 0.399 e. The summed E-state index contributed by atoms with van der Waals surface area (Å²) in [7, 11) is -0.397. The van der Waals surface area contributed by atoms with E-state index >= 15 is 0 Å². The highest BCUT2D eigenvalue weighted by Gasteiger charge is 2.62. The lowest BCUT2D eigenvalue weighted by Crippen LogP contribution is -2.55. The van der Waals surface area contributed by atoms with E-state index in [-0.39, 0.29) is 16.6 Å². The molecule has 2 heterocycles. The Hall–Kier alpha value is -2.16. The maximum atomic E-state index is 10.0. The average Bonchev–Trinajstić information content (AvgIpc) is 3.18. The first-order valence-electron chi connectivity index (χ1n) is 12.6. The van der Waals surface area contributed by atoms with Crippen LogP contribution in [-0.4, -0.2) is 23.3 Å². The largest absolute Gasteiger partial charge is 0.494 e. The lowest BCUT2D eigenvalue weighted by atomic mass is 9.43. The Balaban J connectivity index is 1.43. The Morgan fingerprint density at radius 2 is 1.55 bits per heavy atom. The molecule has 1 aromatic carbocycles. The van der Waals surface area contributed by atoms with E-state index in [9.17, 15) is 5.26 Å². The summed E-state index contributed by atoms with van der Waals surface area (Å²) in [6.07, 6.45) is 10.6. The SMILES string of the molecule is CC1(C)OB(c2ccc3c(c2)-c2c(C#N)cncc2C32C3CC4CC(C3)CC2C4)OC1(C)C. The summed E-state index contributed by atoms with van der Waals surface area (Å²) in [5.41, 5.74) is 6.08. The maximum absolute atomic E-state index is 10.0. The zero-order valence-corrected chi connectivity index (χ0v) is 20.0. The number of hydrogen-bond acceptors (Lipinski definition) is 4. The van der Waals surface area contributed by atoms with Crippen molar-refractivity contribution < 1.29 is 9.31 Å². The zero-order valence-electron chi connectivity index (χ0n) is 20.0. The summed E-state index contributed by atoms with van der Waals surface area (Å²) in [6.45, 7) is 8.38. The van der Waals surface area contributed by atoms with Crippen LogP contribution in [0, 0.1) is 35.0 Å². The zero-order chi connectivity index (χ0) is 22.8. The first-order chi connectivity index (χ1) is 15.7. The number of aromatic nitrogens is 1. The van der Waals surface area contributed by atoms with Gasteiger partial charge in [0.1, 0.15) is 6.07 Å². The summed E-state index contributed by atoms with van der Waals surface area (Å²) in [5, 5.41) is 10.0. The topological polar surface area (TPSA) is 55.1 Å². The van der Waals surface area contributed by atoms with E-state index in [0.29, 0.717) is 17.4 Å². The van der Waals surface area contributed by atoms with Gasteiger partial charge in [-0.15, -0.1) is 0 Å². The highest BCUT2D eigenvalue weighted by Crippen LogP contribution is 2.69. The van der Waals surface area contributed by atoms with E-state index in [2.05, 4.69) is 63.1 Å². The predicted octanol–water partition coefficient (Wildman–Crippen LogP) is 4.98. The fraction of sp³-hybridized carbons (Fsp3) is 0.571. The van der Waals surface area contributed by atoms with Crippen molar-refractivity contribution >= 4 is 12.6 Å². The van der Waals surface area contributed by atoms with Crippen molar-refractivity contribution in [2.24, 2.45) is 23.7 Å². The summed E-state index contributed by atoms with van der Waals surface area (Å²) in [6, 6.07) is 9.29. The molecule has 5 aliphatic carbocycles. The predicted molar refractivity (Wildman–Crippen MR) is 128 cm³/mol. The number of hydrogen-bond donors (Lipinski definition) is 0. The lowest BCUT2D eigenvalue weighted by molar-refractivity contribution is -0.0400. The van der Waals surface area contributed by atoms with Crippen LogP contribution in [0.5, 0.6) is 0 Å². The second-order valence-corrected chi connectivity index (χ2v) is 12.3. The Kier molecular flexibility index (Phi) is 3.86. The molecule has 6 aliphatic rings. The number of rotatable bonds is 1. The van der Waals surface area contributed by atoms with Gasteiger partial charge in [0.05, 0.1) is 16.8 Å². The Bertz CT molecular complexity index is 1180. The Morgan fingerprint density at radius 3 is 2.15 bits per heavy atom. The van der Waals surface area contributed by atoms with Gasteiger partial charge in [0.2, 0.25) is 0 Å². The van der Waals surface area contributed by atoms with Crippen LogP contribution in [0.15, 0.2) is 30.6 Å². The molecule has 5 heteroatoms.